The average Bonchev–Trinajstić information content (AvgIpc) is 3.15. The Labute approximate surface area is 158 Å². The molecule has 1 aliphatic rings. The zero-order valence-corrected chi connectivity index (χ0v) is 16.3. The van der Waals surface area contributed by atoms with E-state index in [0.717, 1.165) is 31.7 Å². The standard InChI is InChI=1S/C17H25N3O6S/c1-3-6-13(2)18-17(21)12-26-16-8-7-14(11-15(16)20(22)23)27(24,25)19-9-4-5-10-19/h7-8,11,13H,3-6,9-10,12H2,1-2H3,(H,18,21)/t13-/m0/s1. The van der Waals surface area contributed by atoms with Crippen LogP contribution in [0.5, 0.6) is 5.75 Å². The van der Waals surface area contributed by atoms with Gasteiger partial charge in [0.25, 0.3) is 5.91 Å². The minimum Gasteiger partial charge on any atom is -0.477 e. The van der Waals surface area contributed by atoms with Gasteiger partial charge in [-0.1, -0.05) is 13.3 Å². The Bertz CT molecular complexity index is 790. The molecule has 10 heteroatoms. The van der Waals surface area contributed by atoms with Crippen LogP contribution in [0.25, 0.3) is 0 Å². The number of benzene rings is 1. The molecule has 1 atom stereocenters. The summed E-state index contributed by atoms with van der Waals surface area (Å²) in [4.78, 5) is 22.4. The van der Waals surface area contributed by atoms with Crippen LogP contribution < -0.4 is 10.1 Å². The predicted octanol–water partition coefficient (Wildman–Crippen LogP) is 2.06. The Morgan fingerprint density at radius 1 is 1.37 bits per heavy atom. The van der Waals surface area contributed by atoms with E-state index in [9.17, 15) is 23.3 Å². The summed E-state index contributed by atoms with van der Waals surface area (Å²) < 4.78 is 31.7. The lowest BCUT2D eigenvalue weighted by atomic mass is 10.2. The van der Waals surface area contributed by atoms with Crippen LogP contribution in [-0.4, -0.2) is 49.3 Å². The Kier molecular flexibility index (Phi) is 7.14. The number of hydrogen-bond donors (Lipinski definition) is 1. The van der Waals surface area contributed by atoms with Crippen LogP contribution in [0.2, 0.25) is 0 Å². The Balaban J connectivity index is 2.14. The summed E-state index contributed by atoms with van der Waals surface area (Å²) in [6.07, 6.45) is 3.28. The molecule has 0 unspecified atom stereocenters. The van der Waals surface area contributed by atoms with E-state index in [1.807, 2.05) is 13.8 Å². The molecule has 150 valence electrons. The van der Waals surface area contributed by atoms with Gasteiger partial charge >= 0.3 is 5.69 Å². The summed E-state index contributed by atoms with van der Waals surface area (Å²) in [5.74, 6) is -0.530. The summed E-state index contributed by atoms with van der Waals surface area (Å²) in [6, 6.07) is 3.46. The third-order valence-corrected chi connectivity index (χ3v) is 6.21. The second-order valence-electron chi connectivity index (χ2n) is 6.54. The van der Waals surface area contributed by atoms with Gasteiger partial charge in [-0.2, -0.15) is 4.31 Å². The van der Waals surface area contributed by atoms with Crippen molar-refractivity contribution in [1.29, 1.82) is 0 Å². The van der Waals surface area contributed by atoms with Gasteiger partial charge in [0.1, 0.15) is 0 Å². The van der Waals surface area contributed by atoms with E-state index in [1.165, 1.54) is 16.4 Å². The van der Waals surface area contributed by atoms with Gasteiger partial charge in [-0.3, -0.25) is 14.9 Å². The minimum absolute atomic E-state index is 0.0194. The molecule has 27 heavy (non-hydrogen) atoms. The quantitative estimate of drug-likeness (QED) is 0.501. The smallest absolute Gasteiger partial charge is 0.312 e. The number of ether oxygens (including phenoxy) is 1. The first-order valence-corrected chi connectivity index (χ1v) is 10.4. The summed E-state index contributed by atoms with van der Waals surface area (Å²) in [5.41, 5.74) is -0.482. The molecule has 1 aromatic rings. The molecular formula is C17H25N3O6S. The van der Waals surface area contributed by atoms with Crippen LogP contribution in [0.3, 0.4) is 0 Å². The highest BCUT2D eigenvalue weighted by molar-refractivity contribution is 7.89. The number of hydrogen-bond acceptors (Lipinski definition) is 6. The van der Waals surface area contributed by atoms with E-state index >= 15 is 0 Å². The largest absolute Gasteiger partial charge is 0.477 e. The van der Waals surface area contributed by atoms with E-state index in [1.54, 1.807) is 0 Å². The number of nitro groups is 1. The van der Waals surface area contributed by atoms with Crippen molar-refractivity contribution in [3.8, 4) is 5.75 Å². The number of sulfonamides is 1. The highest BCUT2D eigenvalue weighted by Gasteiger charge is 2.30. The monoisotopic (exact) mass is 399 g/mol. The van der Waals surface area contributed by atoms with E-state index < -0.39 is 20.6 Å². The number of nitro benzene ring substituents is 1. The molecule has 1 heterocycles. The van der Waals surface area contributed by atoms with E-state index in [-0.39, 0.29) is 29.2 Å². The molecular weight excluding hydrogens is 374 g/mol. The third kappa shape index (κ3) is 5.39. The number of carbonyl (C=O) groups is 1. The van der Waals surface area contributed by atoms with Crippen molar-refractivity contribution in [1.82, 2.24) is 9.62 Å². The lowest BCUT2D eigenvalue weighted by molar-refractivity contribution is -0.386. The van der Waals surface area contributed by atoms with E-state index in [4.69, 9.17) is 4.74 Å². The Hall–Kier alpha value is -2.20. The van der Waals surface area contributed by atoms with E-state index in [2.05, 4.69) is 5.32 Å². The SMILES string of the molecule is CCC[C@H](C)NC(=O)COc1ccc(S(=O)(=O)N2CCCC2)cc1[N+](=O)[O-]. The van der Waals surface area contributed by atoms with Crippen LogP contribution in [-0.2, 0) is 14.8 Å². The number of nitrogens with one attached hydrogen (secondary N) is 1. The van der Waals surface area contributed by atoms with Gasteiger partial charge in [0.05, 0.1) is 9.82 Å². The molecule has 1 amide bonds. The predicted molar refractivity (Wildman–Crippen MR) is 99.1 cm³/mol. The van der Waals surface area contributed by atoms with Gasteiger partial charge in [-0.15, -0.1) is 0 Å². The molecule has 0 bridgehead atoms. The van der Waals surface area contributed by atoms with Crippen LogP contribution in [0.1, 0.15) is 39.5 Å². The molecule has 2 rings (SSSR count). The van der Waals surface area contributed by atoms with Gasteiger partial charge in [0.2, 0.25) is 10.0 Å². The third-order valence-electron chi connectivity index (χ3n) is 4.32. The fraction of sp³-hybridized carbons (Fsp3) is 0.588. The van der Waals surface area contributed by atoms with Crippen LogP contribution >= 0.6 is 0 Å². The van der Waals surface area contributed by atoms with Gasteiger partial charge in [0.15, 0.2) is 12.4 Å². The van der Waals surface area contributed by atoms with E-state index in [0.29, 0.717) is 13.1 Å². The molecule has 0 saturated carbocycles. The first-order valence-electron chi connectivity index (χ1n) is 8.96. The van der Waals surface area contributed by atoms with Crippen LogP contribution in [0.15, 0.2) is 23.1 Å². The minimum atomic E-state index is -3.77. The number of rotatable bonds is 9. The van der Waals surface area contributed by atoms with Crippen molar-refractivity contribution in [3.05, 3.63) is 28.3 Å². The van der Waals surface area contributed by atoms with Crippen molar-refractivity contribution in [2.24, 2.45) is 0 Å². The maximum absolute atomic E-state index is 12.6. The molecule has 1 aromatic carbocycles. The van der Waals surface area contributed by atoms with Crippen LogP contribution in [0, 0.1) is 10.1 Å². The maximum atomic E-state index is 12.6. The first kappa shape index (κ1) is 21.1. The molecule has 1 aliphatic heterocycles. The molecule has 9 nitrogen and oxygen atoms in total. The fourth-order valence-electron chi connectivity index (χ4n) is 2.96. The molecule has 0 aliphatic carbocycles. The van der Waals surface area contributed by atoms with Crippen molar-refractivity contribution >= 4 is 21.6 Å². The normalized spacial score (nSPS) is 16.1. The molecule has 1 fully saturated rings. The number of carbonyl (C=O) groups excluding carboxylic acids is 1. The second-order valence-corrected chi connectivity index (χ2v) is 8.48. The Morgan fingerprint density at radius 2 is 2.04 bits per heavy atom. The summed E-state index contributed by atoms with van der Waals surface area (Å²) in [5, 5.41) is 14.1. The van der Waals surface area contributed by atoms with Crippen molar-refractivity contribution in [3.63, 3.8) is 0 Å². The summed E-state index contributed by atoms with van der Waals surface area (Å²) >= 11 is 0. The molecule has 1 N–H and O–H groups in total. The zero-order chi connectivity index (χ0) is 20.0. The van der Waals surface area contributed by atoms with Crippen molar-refractivity contribution in [2.75, 3.05) is 19.7 Å². The highest BCUT2D eigenvalue weighted by atomic mass is 32.2. The lowest BCUT2D eigenvalue weighted by Gasteiger charge is -2.16. The Morgan fingerprint density at radius 3 is 2.63 bits per heavy atom. The first-order chi connectivity index (χ1) is 12.8. The number of nitrogens with zero attached hydrogens (tertiary/aromatic N) is 2. The van der Waals surface area contributed by atoms with Crippen LogP contribution in [0.4, 0.5) is 5.69 Å². The summed E-state index contributed by atoms with van der Waals surface area (Å²) in [6.45, 7) is 4.30. The maximum Gasteiger partial charge on any atom is 0.312 e. The van der Waals surface area contributed by atoms with Gasteiger partial charge in [-0.25, -0.2) is 8.42 Å². The average molecular weight is 399 g/mol. The van der Waals surface area contributed by atoms with Crippen molar-refractivity contribution < 1.29 is 22.9 Å². The lowest BCUT2D eigenvalue weighted by Crippen LogP contribution is -2.36. The molecule has 1 saturated heterocycles. The summed E-state index contributed by atoms with van der Waals surface area (Å²) in [7, 11) is -3.77. The topological polar surface area (TPSA) is 119 Å². The van der Waals surface area contributed by atoms with Crippen molar-refractivity contribution in [2.45, 2.75) is 50.5 Å². The van der Waals surface area contributed by atoms with Gasteiger partial charge in [-0.05, 0) is 38.3 Å². The molecule has 0 radical (unpaired) electrons. The molecule has 0 aromatic heterocycles. The highest BCUT2D eigenvalue weighted by Crippen LogP contribution is 2.31. The van der Waals surface area contributed by atoms with Gasteiger partial charge < -0.3 is 10.1 Å². The zero-order valence-electron chi connectivity index (χ0n) is 15.5. The second kappa shape index (κ2) is 9.14. The molecule has 0 spiro atoms. The fourth-order valence-corrected chi connectivity index (χ4v) is 4.50. The van der Waals surface area contributed by atoms with Gasteiger partial charge in [0, 0.05) is 25.2 Å². The number of amides is 1.